The summed E-state index contributed by atoms with van der Waals surface area (Å²) in [5.74, 6) is 0.962. The van der Waals surface area contributed by atoms with E-state index in [0.717, 1.165) is 30.9 Å². The van der Waals surface area contributed by atoms with Gasteiger partial charge >= 0.3 is 0 Å². The Bertz CT molecular complexity index is 338. The van der Waals surface area contributed by atoms with Crippen LogP contribution >= 0.6 is 0 Å². The van der Waals surface area contributed by atoms with Crippen LogP contribution in [0.4, 0.5) is 11.4 Å². The van der Waals surface area contributed by atoms with Gasteiger partial charge in [0.15, 0.2) is 0 Å². The molecule has 2 rings (SSSR count). The average molecular weight is 206 g/mol. The van der Waals surface area contributed by atoms with Crippen LogP contribution in [0, 0.1) is 0 Å². The predicted octanol–water partition coefficient (Wildman–Crippen LogP) is 2.34. The van der Waals surface area contributed by atoms with E-state index in [1.807, 2.05) is 19.1 Å². The maximum absolute atomic E-state index is 5.62. The first-order valence-corrected chi connectivity index (χ1v) is 5.53. The van der Waals surface area contributed by atoms with Gasteiger partial charge in [-0.15, -0.1) is 0 Å². The minimum absolute atomic E-state index is 0.710. The largest absolute Gasteiger partial charge is 0.492 e. The number of hydrogen-bond acceptors (Lipinski definition) is 3. The van der Waals surface area contributed by atoms with E-state index in [2.05, 4.69) is 23.3 Å². The third-order valence-corrected chi connectivity index (χ3v) is 2.69. The van der Waals surface area contributed by atoms with E-state index in [1.54, 1.807) is 0 Å². The van der Waals surface area contributed by atoms with Crippen LogP contribution in [0.15, 0.2) is 18.2 Å². The Labute approximate surface area is 91.0 Å². The summed E-state index contributed by atoms with van der Waals surface area (Å²) in [6.45, 7) is 4.83. The lowest BCUT2D eigenvalue weighted by Gasteiger charge is -2.20. The zero-order valence-corrected chi connectivity index (χ0v) is 9.42. The van der Waals surface area contributed by atoms with Crippen molar-refractivity contribution >= 4 is 11.4 Å². The molecule has 1 aliphatic heterocycles. The lowest BCUT2D eigenvalue weighted by atomic mass is 10.2. The minimum Gasteiger partial charge on any atom is -0.492 e. The number of ether oxygens (including phenoxy) is 1. The number of anilines is 2. The third-order valence-electron chi connectivity index (χ3n) is 2.69. The molecule has 0 radical (unpaired) electrons. The Kier molecular flexibility index (Phi) is 2.99. The second-order valence-electron chi connectivity index (χ2n) is 3.79. The third kappa shape index (κ3) is 2.01. The lowest BCUT2D eigenvalue weighted by molar-refractivity contribution is 0.342. The molecule has 0 amide bonds. The molecule has 1 aliphatic rings. The molecule has 1 N–H and O–H groups in total. The summed E-state index contributed by atoms with van der Waals surface area (Å²) in [7, 11) is 2.13. The van der Waals surface area contributed by atoms with Gasteiger partial charge in [-0.2, -0.15) is 0 Å². The van der Waals surface area contributed by atoms with Crippen LogP contribution in [-0.4, -0.2) is 26.7 Å². The van der Waals surface area contributed by atoms with Crippen molar-refractivity contribution in [1.29, 1.82) is 0 Å². The second-order valence-corrected chi connectivity index (χ2v) is 3.79. The van der Waals surface area contributed by atoms with Gasteiger partial charge in [-0.3, -0.25) is 0 Å². The first kappa shape index (κ1) is 10.1. The molecule has 15 heavy (non-hydrogen) atoms. The SMILES string of the molecule is CCOc1cccc2c1NCCCN2C. The standard InChI is InChI=1S/C12H18N2O/c1-3-15-11-7-4-6-10-12(11)13-8-5-9-14(10)2/h4,6-7,13H,3,5,8-9H2,1-2H3. The second kappa shape index (κ2) is 4.43. The molecule has 0 spiro atoms. The topological polar surface area (TPSA) is 24.5 Å². The molecule has 0 fully saturated rings. The van der Waals surface area contributed by atoms with Gasteiger partial charge in [-0.05, 0) is 25.5 Å². The van der Waals surface area contributed by atoms with Crippen LogP contribution in [0.1, 0.15) is 13.3 Å². The first-order valence-electron chi connectivity index (χ1n) is 5.53. The van der Waals surface area contributed by atoms with Crippen LogP contribution < -0.4 is 15.0 Å². The van der Waals surface area contributed by atoms with Crippen LogP contribution in [0.5, 0.6) is 5.75 Å². The van der Waals surface area contributed by atoms with Gasteiger partial charge in [0.05, 0.1) is 12.3 Å². The molecule has 3 heteroatoms. The summed E-state index contributed by atoms with van der Waals surface area (Å²) in [5.41, 5.74) is 2.37. The van der Waals surface area contributed by atoms with E-state index in [-0.39, 0.29) is 0 Å². The van der Waals surface area contributed by atoms with E-state index < -0.39 is 0 Å². The zero-order valence-electron chi connectivity index (χ0n) is 9.42. The summed E-state index contributed by atoms with van der Waals surface area (Å²) < 4.78 is 5.62. The minimum atomic E-state index is 0.710. The highest BCUT2D eigenvalue weighted by molar-refractivity contribution is 5.77. The van der Waals surface area contributed by atoms with Crippen LogP contribution in [0.2, 0.25) is 0 Å². The summed E-state index contributed by atoms with van der Waals surface area (Å²) in [5, 5.41) is 3.44. The maximum atomic E-state index is 5.62. The molecule has 0 atom stereocenters. The van der Waals surface area contributed by atoms with Crippen molar-refractivity contribution < 1.29 is 4.74 Å². The van der Waals surface area contributed by atoms with Crippen LogP contribution in [0.3, 0.4) is 0 Å². The quantitative estimate of drug-likeness (QED) is 0.803. The van der Waals surface area contributed by atoms with Gasteiger partial charge in [0.1, 0.15) is 11.4 Å². The molecule has 0 saturated carbocycles. The summed E-state index contributed by atoms with van der Waals surface area (Å²) in [4.78, 5) is 2.28. The van der Waals surface area contributed by atoms with Crippen molar-refractivity contribution in [1.82, 2.24) is 0 Å². The predicted molar refractivity (Wildman–Crippen MR) is 64.0 cm³/mol. The first-order chi connectivity index (χ1) is 7.33. The van der Waals surface area contributed by atoms with Crippen molar-refractivity contribution in [3.8, 4) is 5.75 Å². The molecule has 0 unspecified atom stereocenters. The number of rotatable bonds is 2. The van der Waals surface area contributed by atoms with Crippen LogP contribution in [0.25, 0.3) is 0 Å². The maximum Gasteiger partial charge on any atom is 0.144 e. The normalized spacial score (nSPS) is 15.2. The molecule has 0 aliphatic carbocycles. The molecule has 82 valence electrons. The Morgan fingerprint density at radius 2 is 2.33 bits per heavy atom. The smallest absolute Gasteiger partial charge is 0.144 e. The lowest BCUT2D eigenvalue weighted by Crippen LogP contribution is -2.17. The van der Waals surface area contributed by atoms with Gasteiger partial charge in [0.2, 0.25) is 0 Å². The molecule has 0 bridgehead atoms. The van der Waals surface area contributed by atoms with Gasteiger partial charge < -0.3 is 15.0 Å². The molecule has 1 heterocycles. The molecule has 3 nitrogen and oxygen atoms in total. The van der Waals surface area contributed by atoms with Crippen molar-refractivity contribution in [2.75, 3.05) is 37.0 Å². The summed E-state index contributed by atoms with van der Waals surface area (Å²) in [6.07, 6.45) is 1.16. The molecule has 1 aromatic carbocycles. The van der Waals surface area contributed by atoms with E-state index >= 15 is 0 Å². The Balaban J connectivity index is 2.39. The fraction of sp³-hybridized carbons (Fsp3) is 0.500. The average Bonchev–Trinajstić information content (AvgIpc) is 2.43. The number of hydrogen-bond donors (Lipinski definition) is 1. The molecular formula is C12H18N2O. The Morgan fingerprint density at radius 3 is 3.13 bits per heavy atom. The highest BCUT2D eigenvalue weighted by Crippen LogP contribution is 2.35. The molecule has 0 aromatic heterocycles. The number of fused-ring (bicyclic) bond motifs is 1. The van der Waals surface area contributed by atoms with Gasteiger partial charge in [-0.1, -0.05) is 6.07 Å². The zero-order chi connectivity index (χ0) is 10.7. The fourth-order valence-electron chi connectivity index (χ4n) is 1.94. The fourth-order valence-corrected chi connectivity index (χ4v) is 1.94. The number of nitrogens with zero attached hydrogens (tertiary/aromatic N) is 1. The van der Waals surface area contributed by atoms with E-state index in [9.17, 15) is 0 Å². The summed E-state index contributed by atoms with van der Waals surface area (Å²) >= 11 is 0. The highest BCUT2D eigenvalue weighted by Gasteiger charge is 2.15. The van der Waals surface area contributed by atoms with Crippen molar-refractivity contribution in [3.05, 3.63) is 18.2 Å². The Hall–Kier alpha value is -1.38. The van der Waals surface area contributed by atoms with Gasteiger partial charge in [-0.25, -0.2) is 0 Å². The summed E-state index contributed by atoms with van der Waals surface area (Å²) in [6, 6.07) is 6.21. The van der Waals surface area contributed by atoms with Crippen molar-refractivity contribution in [2.24, 2.45) is 0 Å². The Morgan fingerprint density at radius 1 is 1.47 bits per heavy atom. The van der Waals surface area contributed by atoms with E-state index in [0.29, 0.717) is 6.61 Å². The van der Waals surface area contributed by atoms with E-state index in [4.69, 9.17) is 4.74 Å². The number of nitrogens with one attached hydrogen (secondary N) is 1. The molecular weight excluding hydrogens is 188 g/mol. The molecule has 1 aromatic rings. The van der Waals surface area contributed by atoms with Gasteiger partial charge in [0.25, 0.3) is 0 Å². The number of para-hydroxylation sites is 1. The van der Waals surface area contributed by atoms with Crippen molar-refractivity contribution in [3.63, 3.8) is 0 Å². The monoisotopic (exact) mass is 206 g/mol. The van der Waals surface area contributed by atoms with E-state index in [1.165, 1.54) is 5.69 Å². The van der Waals surface area contributed by atoms with Crippen molar-refractivity contribution in [2.45, 2.75) is 13.3 Å². The number of benzene rings is 1. The highest BCUT2D eigenvalue weighted by atomic mass is 16.5. The van der Waals surface area contributed by atoms with Gasteiger partial charge in [0, 0.05) is 20.1 Å². The molecule has 0 saturated heterocycles. The van der Waals surface area contributed by atoms with Crippen LogP contribution in [-0.2, 0) is 0 Å².